The molecular weight excluding hydrogens is 300 g/mol. The molecule has 1 N–H and O–H groups in total. The van der Waals surface area contributed by atoms with Crippen LogP contribution in [0.3, 0.4) is 0 Å². The Labute approximate surface area is 83.9 Å². The van der Waals surface area contributed by atoms with E-state index in [1.165, 1.54) is 6.07 Å². The molecule has 0 unspecified atom stereocenters. The molecule has 12 heavy (non-hydrogen) atoms. The van der Waals surface area contributed by atoms with Crippen LogP contribution in [0.4, 0.5) is 8.78 Å². The van der Waals surface area contributed by atoms with Crippen molar-refractivity contribution in [2.24, 2.45) is 0 Å². The minimum absolute atomic E-state index is 0.0148. The smallest absolute Gasteiger partial charge is 0.281 e. The number of pyridine rings is 1. The fourth-order valence-electron chi connectivity index (χ4n) is 0.623. The molecule has 0 aliphatic rings. The molecule has 0 aromatic carbocycles. The predicted octanol–water partition coefficient (Wildman–Crippen LogP) is 3.25. The van der Waals surface area contributed by atoms with Crippen molar-refractivity contribution in [1.29, 1.82) is 0 Å². The minimum Gasteiger partial charge on any atom is -0.505 e. The van der Waals surface area contributed by atoms with Gasteiger partial charge in [0.25, 0.3) is 6.43 Å². The first-order chi connectivity index (χ1) is 5.52. The summed E-state index contributed by atoms with van der Waals surface area (Å²) < 4.78 is 24.4. The van der Waals surface area contributed by atoms with Crippen LogP contribution in [0.1, 0.15) is 12.1 Å². The van der Waals surface area contributed by atoms with E-state index in [4.69, 9.17) is 5.11 Å². The number of hydrogen-bond acceptors (Lipinski definition) is 2. The Kier molecular flexibility index (Phi) is 3.00. The van der Waals surface area contributed by atoms with Crippen LogP contribution in [-0.4, -0.2) is 10.1 Å². The molecule has 66 valence electrons. The SMILES string of the molecule is Oc1cc(Br)c(C(F)F)nc1Br. The minimum atomic E-state index is -2.66. The average molecular weight is 303 g/mol. The van der Waals surface area contributed by atoms with Gasteiger partial charge in [-0.25, -0.2) is 13.8 Å². The van der Waals surface area contributed by atoms with E-state index < -0.39 is 6.43 Å². The lowest BCUT2D eigenvalue weighted by molar-refractivity contribution is 0.145. The maximum absolute atomic E-state index is 12.1. The van der Waals surface area contributed by atoms with Crippen LogP contribution in [0.15, 0.2) is 15.1 Å². The molecule has 1 rings (SSSR count). The lowest BCUT2D eigenvalue weighted by Crippen LogP contribution is -1.92. The zero-order chi connectivity index (χ0) is 9.30. The fourth-order valence-corrected chi connectivity index (χ4v) is 1.41. The van der Waals surface area contributed by atoms with Crippen LogP contribution >= 0.6 is 31.9 Å². The van der Waals surface area contributed by atoms with Gasteiger partial charge in [-0.2, -0.15) is 0 Å². The maximum Gasteiger partial charge on any atom is 0.281 e. The van der Waals surface area contributed by atoms with Crippen molar-refractivity contribution in [3.8, 4) is 5.75 Å². The van der Waals surface area contributed by atoms with Crippen molar-refractivity contribution in [3.05, 3.63) is 20.8 Å². The van der Waals surface area contributed by atoms with Gasteiger partial charge >= 0.3 is 0 Å². The van der Waals surface area contributed by atoms with E-state index in [1.807, 2.05) is 0 Å². The molecule has 0 fully saturated rings. The van der Waals surface area contributed by atoms with Crippen molar-refractivity contribution in [1.82, 2.24) is 4.98 Å². The standard InChI is InChI=1S/C6H3Br2F2NO/c7-2-1-3(12)5(8)11-4(2)6(9)10/h1,6,12H. The van der Waals surface area contributed by atoms with Crippen molar-refractivity contribution in [2.45, 2.75) is 6.43 Å². The number of hydrogen-bond donors (Lipinski definition) is 1. The predicted molar refractivity (Wildman–Crippen MR) is 46.3 cm³/mol. The van der Waals surface area contributed by atoms with Gasteiger partial charge in [0.2, 0.25) is 0 Å². The van der Waals surface area contributed by atoms with Gasteiger partial charge in [0.15, 0.2) is 0 Å². The van der Waals surface area contributed by atoms with E-state index in [2.05, 4.69) is 36.8 Å². The Hall–Kier alpha value is -0.230. The van der Waals surface area contributed by atoms with Gasteiger partial charge in [0.1, 0.15) is 16.0 Å². The maximum atomic E-state index is 12.1. The highest BCUT2D eigenvalue weighted by Gasteiger charge is 2.15. The van der Waals surface area contributed by atoms with Gasteiger partial charge in [-0.15, -0.1) is 0 Å². The zero-order valence-corrected chi connectivity index (χ0v) is 8.73. The number of alkyl halides is 2. The second kappa shape index (κ2) is 3.66. The van der Waals surface area contributed by atoms with Crippen molar-refractivity contribution >= 4 is 31.9 Å². The van der Waals surface area contributed by atoms with Gasteiger partial charge < -0.3 is 5.11 Å². The molecule has 0 saturated heterocycles. The number of nitrogens with zero attached hydrogens (tertiary/aromatic N) is 1. The highest BCUT2D eigenvalue weighted by Crippen LogP contribution is 2.32. The molecule has 6 heteroatoms. The first-order valence-corrected chi connectivity index (χ1v) is 4.44. The molecule has 0 aliphatic heterocycles. The summed E-state index contributed by atoms with van der Waals surface area (Å²) in [5.74, 6) is -0.175. The Morgan fingerprint density at radius 2 is 2.00 bits per heavy atom. The van der Waals surface area contributed by atoms with Crippen LogP contribution < -0.4 is 0 Å². The zero-order valence-electron chi connectivity index (χ0n) is 5.56. The Bertz CT molecular complexity index is 306. The third-order valence-corrected chi connectivity index (χ3v) is 2.36. The van der Waals surface area contributed by atoms with Crippen LogP contribution in [0.25, 0.3) is 0 Å². The number of aromatic hydroxyl groups is 1. The second-order valence-corrected chi connectivity index (χ2v) is 3.57. The molecule has 0 bridgehead atoms. The second-order valence-electron chi connectivity index (χ2n) is 1.97. The first kappa shape index (κ1) is 9.85. The van der Waals surface area contributed by atoms with Crippen molar-refractivity contribution in [3.63, 3.8) is 0 Å². The fraction of sp³-hybridized carbons (Fsp3) is 0.167. The van der Waals surface area contributed by atoms with E-state index in [9.17, 15) is 8.78 Å². The Balaban J connectivity index is 3.23. The van der Waals surface area contributed by atoms with Gasteiger partial charge in [-0.3, -0.25) is 0 Å². The molecule has 1 heterocycles. The summed E-state index contributed by atoms with van der Waals surface area (Å²) in [4.78, 5) is 3.44. The quantitative estimate of drug-likeness (QED) is 0.808. The molecule has 2 nitrogen and oxygen atoms in total. The normalized spacial score (nSPS) is 10.8. The molecule has 0 aliphatic carbocycles. The van der Waals surface area contributed by atoms with Crippen LogP contribution in [0.2, 0.25) is 0 Å². The first-order valence-electron chi connectivity index (χ1n) is 2.85. The molecule has 0 spiro atoms. The summed E-state index contributed by atoms with van der Waals surface area (Å²) in [6.07, 6.45) is -2.66. The van der Waals surface area contributed by atoms with Crippen molar-refractivity contribution in [2.75, 3.05) is 0 Å². The molecule has 0 atom stereocenters. The van der Waals surface area contributed by atoms with Gasteiger partial charge in [0, 0.05) is 4.47 Å². The number of halogens is 4. The monoisotopic (exact) mass is 301 g/mol. The highest BCUT2D eigenvalue weighted by atomic mass is 79.9. The van der Waals surface area contributed by atoms with Crippen LogP contribution in [0, 0.1) is 0 Å². The van der Waals surface area contributed by atoms with Crippen LogP contribution in [0.5, 0.6) is 5.75 Å². The van der Waals surface area contributed by atoms with Gasteiger partial charge in [-0.05, 0) is 37.9 Å². The lowest BCUT2D eigenvalue weighted by atomic mass is 10.3. The van der Waals surface area contributed by atoms with Gasteiger partial charge in [0.05, 0.1) is 0 Å². The molecule has 0 radical (unpaired) electrons. The van der Waals surface area contributed by atoms with Crippen LogP contribution in [-0.2, 0) is 0 Å². The molecular formula is C6H3Br2F2NO. The third-order valence-electron chi connectivity index (χ3n) is 1.14. The summed E-state index contributed by atoms with van der Waals surface area (Å²) in [7, 11) is 0. The number of rotatable bonds is 1. The van der Waals surface area contributed by atoms with E-state index in [1.54, 1.807) is 0 Å². The molecule has 0 amide bonds. The summed E-state index contributed by atoms with van der Waals surface area (Å²) in [5, 5.41) is 9.02. The highest BCUT2D eigenvalue weighted by molar-refractivity contribution is 9.11. The third kappa shape index (κ3) is 1.92. The van der Waals surface area contributed by atoms with E-state index in [0.717, 1.165) is 0 Å². The summed E-state index contributed by atoms with van der Waals surface area (Å²) in [6, 6.07) is 1.17. The largest absolute Gasteiger partial charge is 0.505 e. The number of aromatic nitrogens is 1. The molecule has 0 saturated carbocycles. The molecule has 1 aromatic heterocycles. The topological polar surface area (TPSA) is 33.1 Å². The summed E-state index contributed by atoms with van der Waals surface area (Å²) in [6.45, 7) is 0. The average Bonchev–Trinajstić information content (AvgIpc) is 1.96. The van der Waals surface area contributed by atoms with E-state index in [-0.39, 0.29) is 20.5 Å². The molecule has 1 aromatic rings. The Morgan fingerprint density at radius 1 is 1.42 bits per heavy atom. The van der Waals surface area contributed by atoms with E-state index >= 15 is 0 Å². The Morgan fingerprint density at radius 3 is 2.50 bits per heavy atom. The van der Waals surface area contributed by atoms with Gasteiger partial charge in [-0.1, -0.05) is 0 Å². The van der Waals surface area contributed by atoms with E-state index in [0.29, 0.717) is 0 Å². The lowest BCUT2D eigenvalue weighted by Gasteiger charge is -2.03. The van der Waals surface area contributed by atoms with Crippen molar-refractivity contribution < 1.29 is 13.9 Å². The summed E-state index contributed by atoms with van der Waals surface area (Å²) >= 11 is 5.69. The summed E-state index contributed by atoms with van der Waals surface area (Å²) in [5.41, 5.74) is -0.389.